The number of nitrogens with zero attached hydrogens (tertiary/aromatic N) is 4. The molecule has 0 bridgehead atoms. The first-order chi connectivity index (χ1) is 14.5. The second-order valence-corrected chi connectivity index (χ2v) is 9.29. The lowest BCUT2D eigenvalue weighted by Gasteiger charge is -2.42. The predicted molar refractivity (Wildman–Crippen MR) is 113 cm³/mol. The monoisotopic (exact) mass is 452 g/mol. The molecule has 3 N–H and O–H groups in total. The number of benzene rings is 1. The SMILES string of the molecule is O=C(O)C1CC2CC(CN(Cc3ccc(Cl)c(Cl)c3)Cc3nn[nH]n3)CCC2CN1. The minimum Gasteiger partial charge on any atom is -0.480 e. The van der Waals surface area contributed by atoms with Gasteiger partial charge in [-0.3, -0.25) is 9.69 Å². The average molecular weight is 453 g/mol. The van der Waals surface area contributed by atoms with Gasteiger partial charge in [0.25, 0.3) is 0 Å². The number of H-pyrrole nitrogens is 1. The van der Waals surface area contributed by atoms with Gasteiger partial charge < -0.3 is 10.4 Å². The largest absolute Gasteiger partial charge is 0.480 e. The van der Waals surface area contributed by atoms with E-state index in [0.29, 0.717) is 53.1 Å². The summed E-state index contributed by atoms with van der Waals surface area (Å²) in [5.74, 6) is 1.46. The van der Waals surface area contributed by atoms with Crippen LogP contribution in [0.1, 0.15) is 37.1 Å². The van der Waals surface area contributed by atoms with Crippen LogP contribution in [0, 0.1) is 17.8 Å². The Morgan fingerprint density at radius 1 is 1.17 bits per heavy atom. The lowest BCUT2D eigenvalue weighted by molar-refractivity contribution is -0.141. The van der Waals surface area contributed by atoms with E-state index in [2.05, 4.69) is 30.8 Å². The maximum absolute atomic E-state index is 11.4. The highest BCUT2D eigenvalue weighted by atomic mass is 35.5. The molecular formula is C20H26Cl2N6O2. The van der Waals surface area contributed by atoms with Gasteiger partial charge >= 0.3 is 5.97 Å². The number of carbonyl (C=O) groups is 1. The third kappa shape index (κ3) is 5.29. The number of hydrogen-bond donors (Lipinski definition) is 3. The molecule has 1 aliphatic carbocycles. The van der Waals surface area contributed by atoms with Crippen LogP contribution in [-0.2, 0) is 17.9 Å². The van der Waals surface area contributed by atoms with Crippen LogP contribution in [0.5, 0.6) is 0 Å². The van der Waals surface area contributed by atoms with Crippen molar-refractivity contribution < 1.29 is 9.90 Å². The first-order valence-electron chi connectivity index (χ1n) is 10.3. The molecule has 4 unspecified atom stereocenters. The highest BCUT2D eigenvalue weighted by Gasteiger charge is 2.38. The number of nitrogens with one attached hydrogen (secondary N) is 2. The van der Waals surface area contributed by atoms with Crippen molar-refractivity contribution in [1.29, 1.82) is 0 Å². The van der Waals surface area contributed by atoms with E-state index in [1.807, 2.05) is 18.2 Å². The number of aliphatic carboxylic acids is 1. The van der Waals surface area contributed by atoms with Gasteiger partial charge in [0.05, 0.1) is 16.6 Å². The van der Waals surface area contributed by atoms with Crippen molar-refractivity contribution in [2.24, 2.45) is 17.8 Å². The molecule has 2 heterocycles. The topological polar surface area (TPSA) is 107 Å². The van der Waals surface area contributed by atoms with Gasteiger partial charge in [-0.2, -0.15) is 5.21 Å². The van der Waals surface area contributed by atoms with Gasteiger partial charge in [-0.1, -0.05) is 34.5 Å². The number of carboxylic acid groups (broad SMARTS) is 1. The molecule has 1 saturated heterocycles. The lowest BCUT2D eigenvalue weighted by Crippen LogP contribution is -2.50. The highest BCUT2D eigenvalue weighted by Crippen LogP contribution is 2.39. The van der Waals surface area contributed by atoms with E-state index >= 15 is 0 Å². The molecule has 1 aliphatic heterocycles. The van der Waals surface area contributed by atoms with Gasteiger partial charge in [0.2, 0.25) is 0 Å². The summed E-state index contributed by atoms with van der Waals surface area (Å²) in [5, 5.41) is 28.0. The first-order valence-corrected chi connectivity index (χ1v) is 11.1. The van der Waals surface area contributed by atoms with Crippen molar-refractivity contribution in [1.82, 2.24) is 30.8 Å². The Morgan fingerprint density at radius 3 is 2.77 bits per heavy atom. The van der Waals surface area contributed by atoms with Crippen LogP contribution >= 0.6 is 23.2 Å². The molecule has 1 aromatic heterocycles. The Kier molecular flexibility index (Phi) is 6.87. The summed E-state index contributed by atoms with van der Waals surface area (Å²) in [5.41, 5.74) is 1.08. The van der Waals surface area contributed by atoms with E-state index in [1.165, 1.54) is 0 Å². The number of hydrogen-bond acceptors (Lipinski definition) is 6. The number of fused-ring (bicyclic) bond motifs is 1. The Bertz CT molecular complexity index is 865. The smallest absolute Gasteiger partial charge is 0.320 e. The number of carboxylic acids is 1. The molecule has 2 aliphatic rings. The number of halogens is 2. The van der Waals surface area contributed by atoms with Crippen LogP contribution in [-0.4, -0.2) is 55.7 Å². The number of rotatable bonds is 7. The Hall–Kier alpha value is -1.74. The predicted octanol–water partition coefficient (Wildman–Crippen LogP) is 2.99. The molecule has 162 valence electrons. The normalized spacial score (nSPS) is 26.5. The summed E-state index contributed by atoms with van der Waals surface area (Å²) in [6.07, 6.45) is 4.05. The summed E-state index contributed by atoms with van der Waals surface area (Å²) < 4.78 is 0. The summed E-state index contributed by atoms with van der Waals surface area (Å²) in [6, 6.07) is 5.28. The van der Waals surface area contributed by atoms with Crippen LogP contribution in [0.2, 0.25) is 10.0 Å². The van der Waals surface area contributed by atoms with Gasteiger partial charge in [0.15, 0.2) is 5.82 Å². The fraction of sp³-hybridized carbons (Fsp3) is 0.600. The van der Waals surface area contributed by atoms with Crippen LogP contribution < -0.4 is 5.32 Å². The molecule has 8 nitrogen and oxygen atoms in total. The van der Waals surface area contributed by atoms with Crippen LogP contribution in [0.25, 0.3) is 0 Å². The fourth-order valence-electron chi connectivity index (χ4n) is 4.91. The molecule has 30 heavy (non-hydrogen) atoms. The minimum absolute atomic E-state index is 0.420. The molecule has 1 aromatic carbocycles. The third-order valence-corrected chi connectivity index (χ3v) is 7.11. The van der Waals surface area contributed by atoms with E-state index in [1.54, 1.807) is 0 Å². The van der Waals surface area contributed by atoms with Crippen molar-refractivity contribution in [2.45, 2.75) is 44.8 Å². The minimum atomic E-state index is -0.742. The Labute approximate surface area is 185 Å². The Balaban J connectivity index is 1.43. The van der Waals surface area contributed by atoms with Crippen molar-refractivity contribution in [3.8, 4) is 0 Å². The van der Waals surface area contributed by atoms with E-state index in [9.17, 15) is 9.90 Å². The third-order valence-electron chi connectivity index (χ3n) is 6.37. The maximum Gasteiger partial charge on any atom is 0.320 e. The van der Waals surface area contributed by atoms with Crippen LogP contribution in [0.4, 0.5) is 0 Å². The number of piperidine rings is 1. The highest BCUT2D eigenvalue weighted by molar-refractivity contribution is 6.42. The summed E-state index contributed by atoms with van der Waals surface area (Å²) >= 11 is 12.3. The van der Waals surface area contributed by atoms with Crippen molar-refractivity contribution in [2.75, 3.05) is 13.1 Å². The van der Waals surface area contributed by atoms with E-state index in [-0.39, 0.29) is 0 Å². The molecule has 0 radical (unpaired) electrons. The summed E-state index contributed by atoms with van der Waals surface area (Å²) in [4.78, 5) is 13.7. The molecular weight excluding hydrogens is 427 g/mol. The second kappa shape index (κ2) is 9.60. The van der Waals surface area contributed by atoms with E-state index < -0.39 is 12.0 Å². The summed E-state index contributed by atoms with van der Waals surface area (Å²) in [7, 11) is 0. The van der Waals surface area contributed by atoms with Crippen molar-refractivity contribution >= 4 is 29.2 Å². The second-order valence-electron chi connectivity index (χ2n) is 8.48. The van der Waals surface area contributed by atoms with Gasteiger partial charge in [-0.15, -0.1) is 10.2 Å². The van der Waals surface area contributed by atoms with Crippen LogP contribution in [0.3, 0.4) is 0 Å². The van der Waals surface area contributed by atoms with Gasteiger partial charge in [0.1, 0.15) is 6.04 Å². The van der Waals surface area contributed by atoms with Crippen molar-refractivity contribution in [3.63, 3.8) is 0 Å². The van der Waals surface area contributed by atoms with Crippen LogP contribution in [0.15, 0.2) is 18.2 Å². The molecule has 4 atom stereocenters. The maximum atomic E-state index is 11.4. The van der Waals surface area contributed by atoms with Gasteiger partial charge in [-0.05, 0) is 67.7 Å². The molecule has 1 saturated carbocycles. The van der Waals surface area contributed by atoms with Gasteiger partial charge in [0, 0.05) is 13.1 Å². The number of aromatic nitrogens is 4. The number of tetrazole rings is 1. The first kappa shape index (κ1) is 21.5. The molecule has 4 rings (SSSR count). The fourth-order valence-corrected chi connectivity index (χ4v) is 5.23. The molecule has 0 spiro atoms. The zero-order valence-corrected chi connectivity index (χ0v) is 18.1. The Morgan fingerprint density at radius 2 is 2.03 bits per heavy atom. The van der Waals surface area contributed by atoms with E-state index in [0.717, 1.165) is 37.9 Å². The van der Waals surface area contributed by atoms with Gasteiger partial charge in [-0.25, -0.2) is 0 Å². The molecule has 2 aromatic rings. The lowest BCUT2D eigenvalue weighted by atomic mass is 9.69. The van der Waals surface area contributed by atoms with Crippen molar-refractivity contribution in [3.05, 3.63) is 39.6 Å². The zero-order chi connectivity index (χ0) is 21.1. The van der Waals surface area contributed by atoms with E-state index in [4.69, 9.17) is 23.2 Å². The quantitative estimate of drug-likeness (QED) is 0.592. The summed E-state index contributed by atoms with van der Waals surface area (Å²) in [6.45, 7) is 2.99. The molecule has 2 fully saturated rings. The zero-order valence-electron chi connectivity index (χ0n) is 16.6. The molecule has 0 amide bonds. The average Bonchev–Trinajstić information content (AvgIpc) is 3.23. The number of aromatic amines is 1. The standard InChI is InChI=1S/C20H26Cl2N6O2/c21-16-4-2-13(6-17(16)22)10-28(11-19-24-26-27-25-19)9-12-1-3-14-8-23-18(20(29)30)7-15(14)5-12/h2,4,6,12,14-15,18,23H,1,3,5,7-11H2,(H,29,30)(H,24,25,26,27). The molecule has 10 heteroatoms.